The van der Waals surface area contributed by atoms with E-state index in [1.807, 2.05) is 24.3 Å². The molecule has 0 aliphatic heterocycles. The topological polar surface area (TPSA) is 35.8 Å². The van der Waals surface area contributed by atoms with Crippen LogP contribution in [0, 0.1) is 17.2 Å². The zero-order chi connectivity index (χ0) is 9.26. The Hall–Kier alpha value is -1.49. The SMILES string of the molecule is C[C@@H]1C[C@H]1Nc1ccc(C#N)cc1. The van der Waals surface area contributed by atoms with E-state index >= 15 is 0 Å². The van der Waals surface area contributed by atoms with Gasteiger partial charge in [0.25, 0.3) is 0 Å². The molecule has 1 saturated carbocycles. The molecule has 1 fully saturated rings. The maximum absolute atomic E-state index is 8.59. The van der Waals surface area contributed by atoms with Gasteiger partial charge in [-0.2, -0.15) is 5.26 Å². The lowest BCUT2D eigenvalue weighted by atomic mass is 10.2. The maximum Gasteiger partial charge on any atom is 0.0991 e. The summed E-state index contributed by atoms with van der Waals surface area (Å²) in [6.45, 7) is 2.24. The summed E-state index contributed by atoms with van der Waals surface area (Å²) in [4.78, 5) is 0. The molecule has 0 aromatic heterocycles. The van der Waals surface area contributed by atoms with Crippen LogP contribution in [0.5, 0.6) is 0 Å². The Kier molecular flexibility index (Phi) is 1.94. The number of rotatable bonds is 2. The largest absolute Gasteiger partial charge is 0.382 e. The average Bonchev–Trinajstić information content (AvgIpc) is 2.83. The third kappa shape index (κ3) is 1.81. The lowest BCUT2D eigenvalue weighted by Crippen LogP contribution is -2.02. The predicted octanol–water partition coefficient (Wildman–Crippen LogP) is 2.38. The molecule has 0 heterocycles. The average molecular weight is 172 g/mol. The van der Waals surface area contributed by atoms with Crippen molar-refractivity contribution in [1.82, 2.24) is 0 Å². The summed E-state index contributed by atoms with van der Waals surface area (Å²) >= 11 is 0. The Bertz CT molecular complexity index is 334. The summed E-state index contributed by atoms with van der Waals surface area (Å²) in [6.07, 6.45) is 1.26. The zero-order valence-corrected chi connectivity index (χ0v) is 7.62. The number of hydrogen-bond donors (Lipinski definition) is 1. The summed E-state index contributed by atoms with van der Waals surface area (Å²) in [5.74, 6) is 0.802. The minimum absolute atomic E-state index is 0.646. The third-order valence-corrected chi connectivity index (χ3v) is 2.48. The van der Waals surface area contributed by atoms with Crippen LogP contribution in [0.25, 0.3) is 0 Å². The third-order valence-electron chi connectivity index (χ3n) is 2.48. The molecule has 0 saturated heterocycles. The number of hydrogen-bond acceptors (Lipinski definition) is 2. The molecule has 1 aliphatic carbocycles. The number of nitriles is 1. The van der Waals surface area contributed by atoms with E-state index in [4.69, 9.17) is 5.26 Å². The second-order valence-corrected chi connectivity index (χ2v) is 3.65. The highest BCUT2D eigenvalue weighted by Crippen LogP contribution is 2.32. The van der Waals surface area contributed by atoms with Crippen LogP contribution in [-0.2, 0) is 0 Å². The van der Waals surface area contributed by atoms with Crippen LogP contribution in [0.1, 0.15) is 18.9 Å². The molecule has 0 bridgehead atoms. The smallest absolute Gasteiger partial charge is 0.0991 e. The predicted molar refractivity (Wildman–Crippen MR) is 52.3 cm³/mol. The van der Waals surface area contributed by atoms with E-state index in [1.165, 1.54) is 6.42 Å². The Balaban J connectivity index is 2.02. The van der Waals surface area contributed by atoms with Crippen LogP contribution < -0.4 is 5.32 Å². The Morgan fingerprint density at radius 3 is 2.46 bits per heavy atom. The van der Waals surface area contributed by atoms with Gasteiger partial charge in [0.15, 0.2) is 0 Å². The van der Waals surface area contributed by atoms with E-state index in [9.17, 15) is 0 Å². The fourth-order valence-electron chi connectivity index (χ4n) is 1.38. The van der Waals surface area contributed by atoms with Crippen molar-refractivity contribution in [1.29, 1.82) is 5.26 Å². The van der Waals surface area contributed by atoms with Crippen molar-refractivity contribution in [3.8, 4) is 6.07 Å². The first-order valence-corrected chi connectivity index (χ1v) is 4.56. The van der Waals surface area contributed by atoms with E-state index in [0.29, 0.717) is 6.04 Å². The van der Waals surface area contributed by atoms with Gasteiger partial charge in [-0.25, -0.2) is 0 Å². The maximum atomic E-state index is 8.59. The van der Waals surface area contributed by atoms with Gasteiger partial charge < -0.3 is 5.32 Å². The van der Waals surface area contributed by atoms with Gasteiger partial charge in [0, 0.05) is 11.7 Å². The molecule has 1 aromatic carbocycles. The molecule has 1 aromatic rings. The van der Waals surface area contributed by atoms with Crippen LogP contribution in [-0.4, -0.2) is 6.04 Å². The molecule has 0 amide bonds. The first kappa shape index (κ1) is 8.12. The van der Waals surface area contributed by atoms with Crippen molar-refractivity contribution in [3.05, 3.63) is 29.8 Å². The summed E-state index contributed by atoms with van der Waals surface area (Å²) in [5.41, 5.74) is 1.84. The van der Waals surface area contributed by atoms with E-state index in [-0.39, 0.29) is 0 Å². The van der Waals surface area contributed by atoms with Gasteiger partial charge >= 0.3 is 0 Å². The summed E-state index contributed by atoms with van der Waals surface area (Å²) in [7, 11) is 0. The molecule has 2 heteroatoms. The summed E-state index contributed by atoms with van der Waals surface area (Å²) in [6, 6.07) is 10.4. The minimum Gasteiger partial charge on any atom is -0.382 e. The van der Waals surface area contributed by atoms with Crippen LogP contribution in [0.2, 0.25) is 0 Å². The van der Waals surface area contributed by atoms with Crippen molar-refractivity contribution in [2.75, 3.05) is 5.32 Å². The van der Waals surface area contributed by atoms with E-state index in [0.717, 1.165) is 17.2 Å². The number of anilines is 1. The first-order valence-electron chi connectivity index (χ1n) is 4.56. The molecule has 0 unspecified atom stereocenters. The van der Waals surface area contributed by atoms with Gasteiger partial charge in [-0.3, -0.25) is 0 Å². The first-order chi connectivity index (χ1) is 6.29. The Labute approximate surface area is 78.2 Å². The normalized spacial score (nSPS) is 24.9. The van der Waals surface area contributed by atoms with Gasteiger partial charge in [0.2, 0.25) is 0 Å². The molecule has 1 N–H and O–H groups in total. The molecule has 2 nitrogen and oxygen atoms in total. The van der Waals surface area contributed by atoms with Crippen molar-refractivity contribution >= 4 is 5.69 Å². The number of nitrogens with one attached hydrogen (secondary N) is 1. The van der Waals surface area contributed by atoms with Gasteiger partial charge in [-0.15, -0.1) is 0 Å². The molecule has 1 aliphatic rings. The van der Waals surface area contributed by atoms with E-state index in [2.05, 4.69) is 18.3 Å². The summed E-state index contributed by atoms with van der Waals surface area (Å²) in [5, 5.41) is 12.0. The van der Waals surface area contributed by atoms with Crippen LogP contribution in [0.3, 0.4) is 0 Å². The zero-order valence-electron chi connectivity index (χ0n) is 7.62. The highest BCUT2D eigenvalue weighted by molar-refractivity contribution is 5.48. The van der Waals surface area contributed by atoms with Crippen molar-refractivity contribution in [3.63, 3.8) is 0 Å². The molecule has 0 radical (unpaired) electrons. The monoisotopic (exact) mass is 172 g/mol. The lowest BCUT2D eigenvalue weighted by Gasteiger charge is -2.03. The van der Waals surface area contributed by atoms with Gasteiger partial charge in [-0.05, 0) is 36.6 Å². The highest BCUT2D eigenvalue weighted by Gasteiger charge is 2.32. The van der Waals surface area contributed by atoms with Gasteiger partial charge in [0.1, 0.15) is 0 Å². The van der Waals surface area contributed by atoms with Crippen LogP contribution in [0.15, 0.2) is 24.3 Å². The van der Waals surface area contributed by atoms with Gasteiger partial charge in [-0.1, -0.05) is 6.92 Å². The van der Waals surface area contributed by atoms with E-state index in [1.54, 1.807) is 0 Å². The quantitative estimate of drug-likeness (QED) is 0.743. The van der Waals surface area contributed by atoms with Gasteiger partial charge in [0.05, 0.1) is 11.6 Å². The second kappa shape index (κ2) is 3.10. The lowest BCUT2D eigenvalue weighted by molar-refractivity contribution is 0.929. The van der Waals surface area contributed by atoms with Crippen molar-refractivity contribution < 1.29 is 0 Å². The molecule has 0 spiro atoms. The minimum atomic E-state index is 0.646. The standard InChI is InChI=1S/C11H12N2/c1-8-6-11(8)13-10-4-2-9(7-12)3-5-10/h2-5,8,11,13H,6H2,1H3/t8-,11-/m1/s1. The molecule has 66 valence electrons. The fourth-order valence-corrected chi connectivity index (χ4v) is 1.38. The molecule has 2 atom stereocenters. The van der Waals surface area contributed by atoms with E-state index < -0.39 is 0 Å². The number of nitrogens with zero attached hydrogens (tertiary/aromatic N) is 1. The summed E-state index contributed by atoms with van der Waals surface area (Å²) < 4.78 is 0. The Morgan fingerprint density at radius 2 is 2.00 bits per heavy atom. The van der Waals surface area contributed by atoms with Crippen LogP contribution >= 0.6 is 0 Å². The molecule has 2 rings (SSSR count). The number of benzene rings is 1. The molecule has 13 heavy (non-hydrogen) atoms. The molecular weight excluding hydrogens is 160 g/mol. The van der Waals surface area contributed by atoms with Crippen molar-refractivity contribution in [2.45, 2.75) is 19.4 Å². The van der Waals surface area contributed by atoms with Crippen LogP contribution in [0.4, 0.5) is 5.69 Å². The van der Waals surface area contributed by atoms with Crippen molar-refractivity contribution in [2.24, 2.45) is 5.92 Å². The highest BCUT2D eigenvalue weighted by atomic mass is 15.0. The molecular formula is C11H12N2. The second-order valence-electron chi connectivity index (χ2n) is 3.65. The fraction of sp³-hybridized carbons (Fsp3) is 0.364. The Morgan fingerprint density at radius 1 is 1.38 bits per heavy atom.